The van der Waals surface area contributed by atoms with Gasteiger partial charge < -0.3 is 14.9 Å². The highest BCUT2D eigenvalue weighted by Gasteiger charge is 2.70. The predicted octanol–water partition coefficient (Wildman–Crippen LogP) is 5.84. The van der Waals surface area contributed by atoms with Gasteiger partial charge in [0, 0.05) is 33.9 Å². The van der Waals surface area contributed by atoms with Crippen molar-refractivity contribution in [1.29, 1.82) is 0 Å². The molecule has 2 heterocycles. The highest BCUT2D eigenvalue weighted by Crippen LogP contribution is 2.65. The summed E-state index contributed by atoms with van der Waals surface area (Å²) in [6, 6.07) is 18.8. The zero-order valence-electron chi connectivity index (χ0n) is 26.3. The van der Waals surface area contributed by atoms with Gasteiger partial charge in [-0.05, 0) is 61.1 Å². The normalized spacial score (nSPS) is 27.5. The Hall–Kier alpha value is -4.48. The lowest BCUT2D eigenvalue weighted by Crippen LogP contribution is -2.53. The fraction of sp³-hybridized carbons (Fsp3) is 0.324. The third kappa shape index (κ3) is 5.00. The molecular weight excluding hydrogens is 716 g/mol. The van der Waals surface area contributed by atoms with Crippen molar-refractivity contribution in [3.63, 3.8) is 0 Å². The number of amides is 4. The first-order chi connectivity index (χ1) is 23.5. The lowest BCUT2D eigenvalue weighted by atomic mass is 9.49. The highest BCUT2D eigenvalue weighted by molar-refractivity contribution is 9.10. The van der Waals surface area contributed by atoms with Crippen LogP contribution < -0.4 is 9.64 Å². The van der Waals surface area contributed by atoms with Gasteiger partial charge >= 0.3 is 5.97 Å². The van der Waals surface area contributed by atoms with Gasteiger partial charge in [0.15, 0.2) is 11.5 Å². The topological polar surface area (TPSA) is 142 Å². The smallest absolute Gasteiger partial charge is 0.303 e. The number of likely N-dealkylation sites (tertiary alicyclic amines) is 1. The molecule has 2 aliphatic heterocycles. The van der Waals surface area contributed by atoms with Crippen molar-refractivity contribution < 1.29 is 38.9 Å². The molecular formula is C37H32BrClN2O8. The zero-order valence-corrected chi connectivity index (χ0v) is 28.7. The van der Waals surface area contributed by atoms with Crippen molar-refractivity contribution in [1.82, 2.24) is 4.90 Å². The van der Waals surface area contributed by atoms with E-state index in [4.69, 9.17) is 21.4 Å². The molecule has 2 saturated heterocycles. The van der Waals surface area contributed by atoms with Crippen LogP contribution in [0.2, 0.25) is 5.02 Å². The molecule has 3 aromatic rings. The van der Waals surface area contributed by atoms with Crippen LogP contribution in [0.4, 0.5) is 5.69 Å². The van der Waals surface area contributed by atoms with E-state index in [-0.39, 0.29) is 49.6 Å². The summed E-state index contributed by atoms with van der Waals surface area (Å²) in [6.45, 7) is -0.0244. The molecule has 0 unspecified atom stereocenters. The SMILES string of the molecule is COc1cc(Br)cc([C@H]2C3=CC[C@@H]4C(=O)N(CCCC(=O)O)C(=O)[C@@H]4[C@@H]3C[C@H]3C(=O)N(c4cccc(Cl)c4)C(=O)[C@@]23c2ccccc2)c1O. The Kier molecular flexibility index (Phi) is 8.39. The minimum atomic E-state index is -1.56. The third-order valence-corrected chi connectivity index (χ3v) is 11.3. The lowest BCUT2D eigenvalue weighted by molar-refractivity contribution is -0.142. The fourth-order valence-corrected chi connectivity index (χ4v) is 9.37. The van der Waals surface area contributed by atoms with Gasteiger partial charge in [0.25, 0.3) is 0 Å². The van der Waals surface area contributed by atoms with Crippen LogP contribution >= 0.6 is 27.5 Å². The Bertz CT molecular complexity index is 1950. The second-order valence-corrected chi connectivity index (χ2v) is 14.3. The van der Waals surface area contributed by atoms with Crippen molar-refractivity contribution in [2.45, 2.75) is 37.0 Å². The second-order valence-electron chi connectivity index (χ2n) is 13.0. The lowest BCUT2D eigenvalue weighted by Gasteiger charge is -2.50. The Morgan fingerprint density at radius 2 is 1.76 bits per heavy atom. The minimum absolute atomic E-state index is 0.0244. The number of hydrogen-bond acceptors (Lipinski definition) is 7. The number of ether oxygens (including phenoxy) is 1. The first-order valence-electron chi connectivity index (χ1n) is 16.0. The van der Waals surface area contributed by atoms with Crippen molar-refractivity contribution in [3.05, 3.63) is 99.0 Å². The van der Waals surface area contributed by atoms with Crippen LogP contribution in [0.25, 0.3) is 0 Å². The minimum Gasteiger partial charge on any atom is -0.504 e. The molecule has 0 radical (unpaired) electrons. The maximum Gasteiger partial charge on any atom is 0.303 e. The fourth-order valence-electron chi connectivity index (χ4n) is 8.73. The van der Waals surface area contributed by atoms with Crippen LogP contribution in [0.1, 0.15) is 42.7 Å². The Labute approximate surface area is 295 Å². The molecule has 12 heteroatoms. The van der Waals surface area contributed by atoms with E-state index in [0.717, 1.165) is 9.80 Å². The number of carboxylic acid groups (broad SMARTS) is 1. The number of carboxylic acids is 1. The van der Waals surface area contributed by atoms with E-state index in [1.54, 1.807) is 60.7 Å². The van der Waals surface area contributed by atoms with Gasteiger partial charge in [-0.15, -0.1) is 0 Å². The van der Waals surface area contributed by atoms with E-state index in [9.17, 15) is 24.3 Å². The number of fused-ring (bicyclic) bond motifs is 4. The number of hydrogen-bond donors (Lipinski definition) is 2. The van der Waals surface area contributed by atoms with Crippen molar-refractivity contribution in [2.75, 3.05) is 18.6 Å². The molecule has 0 aromatic heterocycles. The number of phenolic OH excluding ortho intramolecular Hbond substituents is 1. The standard InChI is InChI=1S/C37H32BrClN2O8/c1-49-28-16-20(38)15-26(32(28)44)31-23-12-13-24-30(35(47)40(33(24)45)14-6-11-29(42)43)25(23)18-27-34(46)41(22-10-5-9-21(39)17-22)36(48)37(27,31)19-7-3-2-4-8-19/h2-5,7-10,12,15-17,24-25,27,30-31,44H,6,11,13-14,18H2,1H3,(H,42,43)/t24-,25+,27-,30-,31+,37+/m0/s1. The summed E-state index contributed by atoms with van der Waals surface area (Å²) in [4.78, 5) is 71.4. The molecule has 2 N–H and O–H groups in total. The molecule has 6 atom stereocenters. The maximum absolute atomic E-state index is 15.3. The van der Waals surface area contributed by atoms with Crippen molar-refractivity contribution >= 4 is 62.8 Å². The first kappa shape index (κ1) is 33.0. The Morgan fingerprint density at radius 1 is 1.00 bits per heavy atom. The molecule has 252 valence electrons. The average molecular weight is 748 g/mol. The molecule has 3 fully saturated rings. The van der Waals surface area contributed by atoms with Crippen LogP contribution in [0, 0.1) is 23.7 Å². The molecule has 2 aliphatic carbocycles. The molecule has 1 saturated carbocycles. The summed E-state index contributed by atoms with van der Waals surface area (Å²) in [5.41, 5.74) is 0.315. The van der Waals surface area contributed by atoms with Gasteiger partial charge in [0.05, 0.1) is 36.0 Å². The van der Waals surface area contributed by atoms with Gasteiger partial charge in [-0.2, -0.15) is 0 Å². The molecule has 3 aromatic carbocycles. The van der Waals surface area contributed by atoms with Crippen LogP contribution in [0.3, 0.4) is 0 Å². The van der Waals surface area contributed by atoms with E-state index in [2.05, 4.69) is 15.9 Å². The predicted molar refractivity (Wildman–Crippen MR) is 182 cm³/mol. The number of anilines is 1. The Morgan fingerprint density at radius 3 is 2.45 bits per heavy atom. The largest absolute Gasteiger partial charge is 0.504 e. The van der Waals surface area contributed by atoms with E-state index in [1.165, 1.54) is 7.11 Å². The molecule has 4 amide bonds. The zero-order chi connectivity index (χ0) is 34.8. The molecule has 49 heavy (non-hydrogen) atoms. The number of allylic oxidation sites excluding steroid dienone is 2. The second kappa shape index (κ2) is 12.4. The number of benzene rings is 3. The van der Waals surface area contributed by atoms with Crippen LogP contribution in [0.5, 0.6) is 11.5 Å². The summed E-state index contributed by atoms with van der Waals surface area (Å²) in [7, 11) is 1.42. The number of methoxy groups -OCH3 is 1. The molecule has 10 nitrogen and oxygen atoms in total. The van der Waals surface area contributed by atoms with E-state index >= 15 is 4.79 Å². The van der Waals surface area contributed by atoms with Crippen molar-refractivity contribution in [2.24, 2.45) is 23.7 Å². The number of aliphatic carboxylic acids is 1. The van der Waals surface area contributed by atoms with Crippen LogP contribution in [-0.4, -0.2) is 58.4 Å². The van der Waals surface area contributed by atoms with Gasteiger partial charge in [-0.25, -0.2) is 4.90 Å². The number of carbonyl (C=O) groups excluding carboxylic acids is 4. The number of imide groups is 2. The molecule has 0 bridgehead atoms. The van der Waals surface area contributed by atoms with E-state index < -0.39 is 58.7 Å². The number of aromatic hydroxyl groups is 1. The van der Waals surface area contributed by atoms with Gasteiger partial charge in [0.1, 0.15) is 0 Å². The van der Waals surface area contributed by atoms with Gasteiger partial charge in [0.2, 0.25) is 23.6 Å². The third-order valence-electron chi connectivity index (χ3n) is 10.6. The van der Waals surface area contributed by atoms with Crippen molar-refractivity contribution in [3.8, 4) is 11.5 Å². The van der Waals surface area contributed by atoms with Crippen LogP contribution in [-0.2, 0) is 29.4 Å². The highest BCUT2D eigenvalue weighted by atomic mass is 79.9. The Balaban J connectivity index is 1.46. The number of rotatable bonds is 8. The maximum atomic E-state index is 15.3. The summed E-state index contributed by atoms with van der Waals surface area (Å²) >= 11 is 9.90. The number of phenols is 1. The quantitative estimate of drug-likeness (QED) is 0.216. The monoisotopic (exact) mass is 746 g/mol. The number of carbonyl (C=O) groups is 5. The van der Waals surface area contributed by atoms with Gasteiger partial charge in [-0.3, -0.25) is 28.9 Å². The van der Waals surface area contributed by atoms with E-state index in [1.807, 2.05) is 12.1 Å². The summed E-state index contributed by atoms with van der Waals surface area (Å²) in [6.07, 6.45) is 2.12. The number of halogens is 2. The summed E-state index contributed by atoms with van der Waals surface area (Å²) in [5.74, 6) is -6.93. The first-order valence-corrected chi connectivity index (χ1v) is 17.2. The summed E-state index contributed by atoms with van der Waals surface area (Å²) in [5, 5.41) is 21.3. The van der Waals surface area contributed by atoms with Gasteiger partial charge in [-0.1, -0.05) is 75.6 Å². The van der Waals surface area contributed by atoms with Crippen LogP contribution in [0.15, 0.2) is 82.9 Å². The summed E-state index contributed by atoms with van der Waals surface area (Å²) < 4.78 is 6.10. The molecule has 4 aliphatic rings. The molecule has 0 spiro atoms. The van der Waals surface area contributed by atoms with E-state index in [0.29, 0.717) is 31.9 Å². The number of nitrogens with zero attached hydrogens (tertiary/aromatic N) is 2. The average Bonchev–Trinajstić information content (AvgIpc) is 3.46. The molecule has 7 rings (SSSR count).